The Hall–Kier alpha value is -1.80. The van der Waals surface area contributed by atoms with Gasteiger partial charge in [0.15, 0.2) is 5.69 Å². The van der Waals surface area contributed by atoms with Crippen molar-refractivity contribution in [1.82, 2.24) is 25.6 Å². The monoisotopic (exact) mass is 395 g/mol. The summed E-state index contributed by atoms with van der Waals surface area (Å²) in [7, 11) is 0. The first-order chi connectivity index (χ1) is 11.6. The molecule has 128 valence electrons. The molecule has 0 unspecified atom stereocenters. The van der Waals surface area contributed by atoms with Gasteiger partial charge in [-0.2, -0.15) is 0 Å². The Labute approximate surface area is 147 Å². The normalized spacial score (nSPS) is 15.5. The maximum Gasteiger partial charge on any atom is 0.274 e. The molecule has 1 aliphatic heterocycles. The molecule has 3 rings (SSSR count). The summed E-state index contributed by atoms with van der Waals surface area (Å²) >= 11 is 3.11. The largest absolute Gasteiger partial charge is 0.347 e. The van der Waals surface area contributed by atoms with E-state index >= 15 is 0 Å². The second-order valence-corrected chi connectivity index (χ2v) is 6.73. The van der Waals surface area contributed by atoms with Crippen molar-refractivity contribution < 1.29 is 9.18 Å². The molecule has 2 N–H and O–H groups in total. The van der Waals surface area contributed by atoms with Crippen molar-refractivity contribution in [3.8, 4) is 0 Å². The van der Waals surface area contributed by atoms with Crippen molar-refractivity contribution >= 4 is 21.8 Å². The molecule has 2 heterocycles. The van der Waals surface area contributed by atoms with Crippen LogP contribution in [0.5, 0.6) is 0 Å². The van der Waals surface area contributed by atoms with Crippen molar-refractivity contribution in [2.24, 2.45) is 0 Å². The molecule has 1 aliphatic rings. The summed E-state index contributed by atoms with van der Waals surface area (Å²) in [5, 5.41) is 14.3. The minimum atomic E-state index is -0.352. The fourth-order valence-electron chi connectivity index (χ4n) is 2.86. The molecule has 0 bridgehead atoms. The van der Waals surface area contributed by atoms with Crippen LogP contribution in [-0.2, 0) is 6.54 Å². The first kappa shape index (κ1) is 17.0. The van der Waals surface area contributed by atoms with Crippen molar-refractivity contribution in [2.75, 3.05) is 13.1 Å². The lowest BCUT2D eigenvalue weighted by Gasteiger charge is -2.23. The molecule has 0 aliphatic carbocycles. The summed E-state index contributed by atoms with van der Waals surface area (Å²) in [5.74, 6) is -0.647. The van der Waals surface area contributed by atoms with E-state index < -0.39 is 0 Å². The Bertz CT molecular complexity index is 742. The lowest BCUT2D eigenvalue weighted by atomic mass is 10.1. The van der Waals surface area contributed by atoms with Crippen LogP contribution in [0.3, 0.4) is 0 Å². The first-order valence-electron chi connectivity index (χ1n) is 7.91. The average molecular weight is 396 g/mol. The SMILES string of the molecule is Cc1c(C(=O)NCc2ccc(Br)c(F)c2)nnn1C1CCNCC1. The van der Waals surface area contributed by atoms with Crippen LogP contribution in [0.4, 0.5) is 4.39 Å². The quantitative estimate of drug-likeness (QED) is 0.833. The van der Waals surface area contributed by atoms with Crippen LogP contribution in [0.15, 0.2) is 22.7 Å². The van der Waals surface area contributed by atoms with E-state index in [-0.39, 0.29) is 24.3 Å². The van der Waals surface area contributed by atoms with E-state index in [9.17, 15) is 9.18 Å². The number of halogens is 2. The number of amides is 1. The standard InChI is InChI=1S/C16H19BrFN5O/c1-10-15(21-22-23(10)12-4-6-19-7-5-12)16(24)20-9-11-2-3-13(17)14(18)8-11/h2-3,8,12,19H,4-7,9H2,1H3,(H,20,24). The van der Waals surface area contributed by atoms with E-state index in [0.717, 1.165) is 31.6 Å². The van der Waals surface area contributed by atoms with Gasteiger partial charge in [0, 0.05) is 6.54 Å². The minimum absolute atomic E-state index is 0.239. The summed E-state index contributed by atoms with van der Waals surface area (Å²) in [6.07, 6.45) is 1.95. The highest BCUT2D eigenvalue weighted by molar-refractivity contribution is 9.10. The van der Waals surface area contributed by atoms with Crippen molar-refractivity contribution in [3.63, 3.8) is 0 Å². The highest BCUT2D eigenvalue weighted by atomic mass is 79.9. The van der Waals surface area contributed by atoms with Gasteiger partial charge in [-0.1, -0.05) is 11.3 Å². The zero-order chi connectivity index (χ0) is 17.1. The van der Waals surface area contributed by atoms with Gasteiger partial charge >= 0.3 is 0 Å². The van der Waals surface area contributed by atoms with Crippen molar-refractivity contribution in [1.29, 1.82) is 0 Å². The lowest BCUT2D eigenvalue weighted by molar-refractivity contribution is 0.0945. The molecular formula is C16H19BrFN5O. The molecular weight excluding hydrogens is 377 g/mol. The number of rotatable bonds is 4. The minimum Gasteiger partial charge on any atom is -0.347 e. The molecule has 0 radical (unpaired) electrons. The number of nitrogens with zero attached hydrogens (tertiary/aromatic N) is 3. The summed E-state index contributed by atoms with van der Waals surface area (Å²) in [6, 6.07) is 5.05. The van der Waals surface area contributed by atoms with Crippen LogP contribution < -0.4 is 10.6 Å². The fraction of sp³-hybridized carbons (Fsp3) is 0.438. The van der Waals surface area contributed by atoms with Gasteiger partial charge in [-0.05, 0) is 66.5 Å². The molecule has 1 saturated heterocycles. The van der Waals surface area contributed by atoms with E-state index in [1.54, 1.807) is 12.1 Å². The maximum absolute atomic E-state index is 13.5. The molecule has 24 heavy (non-hydrogen) atoms. The zero-order valence-electron chi connectivity index (χ0n) is 13.4. The van der Waals surface area contributed by atoms with Crippen LogP contribution in [0.25, 0.3) is 0 Å². The van der Waals surface area contributed by atoms with Gasteiger partial charge in [-0.25, -0.2) is 9.07 Å². The van der Waals surface area contributed by atoms with E-state index in [4.69, 9.17) is 0 Å². The van der Waals surface area contributed by atoms with E-state index in [1.165, 1.54) is 6.07 Å². The molecule has 0 spiro atoms. The van der Waals surface area contributed by atoms with Gasteiger partial charge < -0.3 is 10.6 Å². The van der Waals surface area contributed by atoms with E-state index in [2.05, 4.69) is 36.9 Å². The van der Waals surface area contributed by atoms with Crippen LogP contribution in [0.1, 0.15) is 40.6 Å². The number of carbonyl (C=O) groups is 1. The Morgan fingerprint density at radius 1 is 1.46 bits per heavy atom. The zero-order valence-corrected chi connectivity index (χ0v) is 14.9. The van der Waals surface area contributed by atoms with E-state index in [1.807, 2.05) is 11.6 Å². The Morgan fingerprint density at radius 3 is 2.92 bits per heavy atom. The first-order valence-corrected chi connectivity index (χ1v) is 8.70. The number of hydrogen-bond donors (Lipinski definition) is 2. The molecule has 2 aromatic rings. The molecule has 6 nitrogen and oxygen atoms in total. The van der Waals surface area contributed by atoms with Gasteiger partial charge in [0.2, 0.25) is 0 Å². The van der Waals surface area contributed by atoms with Crippen molar-refractivity contribution in [3.05, 3.63) is 45.4 Å². The number of aromatic nitrogens is 3. The average Bonchev–Trinajstić information content (AvgIpc) is 2.98. The highest BCUT2D eigenvalue weighted by Crippen LogP contribution is 2.20. The number of nitrogens with one attached hydrogen (secondary N) is 2. The molecule has 1 aromatic carbocycles. The summed E-state index contributed by atoms with van der Waals surface area (Å²) in [5.41, 5.74) is 1.78. The third kappa shape index (κ3) is 3.64. The number of hydrogen-bond acceptors (Lipinski definition) is 4. The van der Waals surface area contributed by atoms with Crippen LogP contribution in [0, 0.1) is 12.7 Å². The lowest BCUT2D eigenvalue weighted by Crippen LogP contribution is -2.30. The fourth-order valence-corrected chi connectivity index (χ4v) is 3.11. The van der Waals surface area contributed by atoms with Crippen LogP contribution in [-0.4, -0.2) is 34.0 Å². The second-order valence-electron chi connectivity index (χ2n) is 5.88. The van der Waals surface area contributed by atoms with Gasteiger partial charge in [-0.15, -0.1) is 5.10 Å². The molecule has 1 amide bonds. The Morgan fingerprint density at radius 2 is 2.21 bits per heavy atom. The van der Waals surface area contributed by atoms with Crippen LogP contribution >= 0.6 is 15.9 Å². The topological polar surface area (TPSA) is 71.8 Å². The third-order valence-electron chi connectivity index (χ3n) is 4.23. The van der Waals surface area contributed by atoms with E-state index in [0.29, 0.717) is 15.7 Å². The second kappa shape index (κ2) is 7.40. The highest BCUT2D eigenvalue weighted by Gasteiger charge is 2.22. The van der Waals surface area contributed by atoms with Crippen LogP contribution in [0.2, 0.25) is 0 Å². The summed E-state index contributed by atoms with van der Waals surface area (Å²) in [6.45, 7) is 3.99. The smallest absolute Gasteiger partial charge is 0.274 e. The Kier molecular flexibility index (Phi) is 5.25. The summed E-state index contributed by atoms with van der Waals surface area (Å²) < 4.78 is 15.8. The van der Waals surface area contributed by atoms with Crippen molar-refractivity contribution in [2.45, 2.75) is 32.4 Å². The predicted octanol–water partition coefficient (Wildman–Crippen LogP) is 2.34. The van der Waals surface area contributed by atoms with Gasteiger partial charge in [0.05, 0.1) is 16.2 Å². The summed E-state index contributed by atoms with van der Waals surface area (Å²) in [4.78, 5) is 12.3. The third-order valence-corrected chi connectivity index (χ3v) is 4.88. The predicted molar refractivity (Wildman–Crippen MR) is 91.2 cm³/mol. The number of piperidine rings is 1. The maximum atomic E-state index is 13.5. The molecule has 1 fully saturated rings. The number of carbonyl (C=O) groups excluding carboxylic acids is 1. The van der Waals surface area contributed by atoms with Gasteiger partial charge in [0.25, 0.3) is 5.91 Å². The van der Waals surface area contributed by atoms with Gasteiger partial charge in [-0.3, -0.25) is 4.79 Å². The molecule has 1 aromatic heterocycles. The Balaban J connectivity index is 1.66. The molecule has 0 saturated carbocycles. The van der Waals surface area contributed by atoms with Gasteiger partial charge in [0.1, 0.15) is 5.82 Å². The molecule has 0 atom stereocenters. The molecule has 8 heteroatoms. The number of benzene rings is 1.